The number of methoxy groups -OCH3 is 1. The molecule has 0 aliphatic carbocycles. The molecule has 1 amide bonds. The fraction of sp³-hybridized carbons (Fsp3) is 0.429. The first-order chi connectivity index (χ1) is 13.5. The molecule has 2 heterocycles. The Morgan fingerprint density at radius 2 is 1.89 bits per heavy atom. The zero-order valence-corrected chi connectivity index (χ0v) is 17.3. The summed E-state index contributed by atoms with van der Waals surface area (Å²) >= 11 is 1.34. The quantitative estimate of drug-likeness (QED) is 0.747. The Kier molecular flexibility index (Phi) is 6.83. The molecule has 0 bridgehead atoms. The van der Waals surface area contributed by atoms with Gasteiger partial charge >= 0.3 is 5.97 Å². The van der Waals surface area contributed by atoms with Gasteiger partial charge < -0.3 is 14.8 Å². The number of benzene rings is 1. The maximum atomic E-state index is 12.5. The lowest BCUT2D eigenvalue weighted by Crippen LogP contribution is -2.46. The number of carbonyl (C=O) groups is 2. The second kappa shape index (κ2) is 9.32. The van der Waals surface area contributed by atoms with E-state index in [0.29, 0.717) is 23.5 Å². The third-order valence-corrected chi connectivity index (χ3v) is 5.56. The molecule has 6 nitrogen and oxygen atoms in total. The number of nitrogens with zero attached hydrogens (tertiary/aromatic N) is 1. The molecule has 1 aromatic heterocycles. The number of carbonyl (C=O) groups excluding carboxylic acids is 2. The highest BCUT2D eigenvalue weighted by Crippen LogP contribution is 2.36. The normalized spacial score (nSPS) is 20.0. The molecule has 1 fully saturated rings. The van der Waals surface area contributed by atoms with E-state index in [-0.39, 0.29) is 18.1 Å². The average molecular weight is 403 g/mol. The van der Waals surface area contributed by atoms with Crippen molar-refractivity contribution in [1.82, 2.24) is 4.90 Å². The SMILES string of the molecule is COC(=O)c1c(-c2ccccc2)csc1NC(=O)CCN1CC(C)OC(C)C1. The summed E-state index contributed by atoms with van der Waals surface area (Å²) in [6, 6.07) is 9.61. The summed E-state index contributed by atoms with van der Waals surface area (Å²) in [5, 5.41) is 5.30. The third-order valence-electron chi connectivity index (χ3n) is 4.67. The fourth-order valence-corrected chi connectivity index (χ4v) is 4.47. The van der Waals surface area contributed by atoms with E-state index in [1.807, 2.05) is 49.6 Å². The molecule has 0 radical (unpaired) electrons. The fourth-order valence-electron chi connectivity index (χ4n) is 3.50. The summed E-state index contributed by atoms with van der Waals surface area (Å²) in [5.74, 6) is -0.565. The minimum absolute atomic E-state index is 0.113. The molecule has 7 heteroatoms. The largest absolute Gasteiger partial charge is 0.465 e. The van der Waals surface area contributed by atoms with E-state index in [2.05, 4.69) is 10.2 Å². The lowest BCUT2D eigenvalue weighted by molar-refractivity contribution is -0.117. The lowest BCUT2D eigenvalue weighted by Gasteiger charge is -2.35. The number of morpholine rings is 1. The molecule has 2 atom stereocenters. The minimum Gasteiger partial charge on any atom is -0.465 e. The maximum absolute atomic E-state index is 12.5. The monoisotopic (exact) mass is 402 g/mol. The number of amides is 1. The first kappa shape index (κ1) is 20.5. The molecule has 1 aliphatic rings. The molecule has 3 rings (SSSR count). The standard InChI is InChI=1S/C21H26N2O4S/c1-14-11-23(12-15(2)27-14)10-9-18(24)22-20-19(21(25)26-3)17(13-28-20)16-7-5-4-6-8-16/h4-8,13-15H,9-12H2,1-3H3,(H,22,24). The van der Waals surface area contributed by atoms with E-state index >= 15 is 0 Å². The minimum atomic E-state index is -0.453. The Morgan fingerprint density at radius 1 is 1.21 bits per heavy atom. The van der Waals surface area contributed by atoms with Gasteiger partial charge in [0.15, 0.2) is 0 Å². The van der Waals surface area contributed by atoms with Crippen molar-refractivity contribution in [2.75, 3.05) is 32.1 Å². The highest BCUT2D eigenvalue weighted by molar-refractivity contribution is 7.15. The zero-order chi connectivity index (χ0) is 20.1. The number of ether oxygens (including phenoxy) is 2. The van der Waals surface area contributed by atoms with Crippen LogP contribution < -0.4 is 5.32 Å². The van der Waals surface area contributed by atoms with Gasteiger partial charge in [-0.15, -0.1) is 11.3 Å². The molecule has 0 saturated carbocycles. The highest BCUT2D eigenvalue weighted by atomic mass is 32.1. The maximum Gasteiger partial charge on any atom is 0.341 e. The van der Waals surface area contributed by atoms with Crippen LogP contribution in [0.1, 0.15) is 30.6 Å². The molecule has 2 unspecified atom stereocenters. The molecule has 1 aromatic carbocycles. The van der Waals surface area contributed by atoms with E-state index in [1.54, 1.807) is 0 Å². The van der Waals surface area contributed by atoms with Crippen molar-refractivity contribution >= 4 is 28.2 Å². The summed E-state index contributed by atoms with van der Waals surface area (Å²) in [4.78, 5) is 27.1. The second-order valence-electron chi connectivity index (χ2n) is 7.03. The number of hydrogen-bond acceptors (Lipinski definition) is 6. The van der Waals surface area contributed by atoms with Gasteiger partial charge in [-0.05, 0) is 19.4 Å². The molecule has 1 saturated heterocycles. The zero-order valence-electron chi connectivity index (χ0n) is 16.4. The summed E-state index contributed by atoms with van der Waals surface area (Å²) < 4.78 is 10.7. The molecule has 28 heavy (non-hydrogen) atoms. The van der Waals surface area contributed by atoms with Crippen molar-refractivity contribution in [2.45, 2.75) is 32.5 Å². The van der Waals surface area contributed by atoms with Gasteiger partial charge in [0.1, 0.15) is 10.6 Å². The first-order valence-corrected chi connectivity index (χ1v) is 10.3. The second-order valence-corrected chi connectivity index (χ2v) is 7.91. The number of thiophene rings is 1. The summed E-state index contributed by atoms with van der Waals surface area (Å²) in [6.07, 6.45) is 0.699. The number of hydrogen-bond donors (Lipinski definition) is 1. The molecule has 1 N–H and O–H groups in total. The van der Waals surface area contributed by atoms with Crippen LogP contribution in [0.25, 0.3) is 11.1 Å². The predicted molar refractivity (Wildman–Crippen MR) is 111 cm³/mol. The van der Waals surface area contributed by atoms with Gasteiger partial charge in [-0.3, -0.25) is 9.69 Å². The van der Waals surface area contributed by atoms with Crippen LogP contribution in [0.2, 0.25) is 0 Å². The van der Waals surface area contributed by atoms with E-state index in [9.17, 15) is 9.59 Å². The Balaban J connectivity index is 1.69. The predicted octanol–water partition coefficient (Wildman–Crippen LogP) is 3.64. The number of esters is 1. The van der Waals surface area contributed by atoms with Gasteiger partial charge in [0, 0.05) is 37.0 Å². The van der Waals surface area contributed by atoms with Crippen LogP contribution in [-0.4, -0.2) is 55.7 Å². The van der Waals surface area contributed by atoms with Crippen LogP contribution in [0, 0.1) is 0 Å². The topological polar surface area (TPSA) is 67.9 Å². The van der Waals surface area contributed by atoms with E-state index in [4.69, 9.17) is 9.47 Å². The van der Waals surface area contributed by atoms with E-state index in [1.165, 1.54) is 18.4 Å². The van der Waals surface area contributed by atoms with Crippen molar-refractivity contribution in [3.8, 4) is 11.1 Å². The van der Waals surface area contributed by atoms with Gasteiger partial charge in [-0.1, -0.05) is 30.3 Å². The summed E-state index contributed by atoms with van der Waals surface area (Å²) in [6.45, 7) is 6.39. The van der Waals surface area contributed by atoms with E-state index < -0.39 is 5.97 Å². The molecule has 150 valence electrons. The van der Waals surface area contributed by atoms with Gasteiger partial charge in [0.25, 0.3) is 0 Å². The first-order valence-electron chi connectivity index (χ1n) is 9.40. The Labute approximate surface area is 169 Å². The number of rotatable bonds is 6. The third kappa shape index (κ3) is 4.98. The Bertz CT molecular complexity index is 811. The van der Waals surface area contributed by atoms with Crippen molar-refractivity contribution in [3.05, 3.63) is 41.3 Å². The lowest BCUT2D eigenvalue weighted by atomic mass is 10.0. The van der Waals surface area contributed by atoms with Crippen molar-refractivity contribution in [2.24, 2.45) is 0 Å². The van der Waals surface area contributed by atoms with Crippen LogP contribution >= 0.6 is 11.3 Å². The van der Waals surface area contributed by atoms with Crippen LogP contribution in [0.3, 0.4) is 0 Å². The van der Waals surface area contributed by atoms with Crippen LogP contribution in [0.5, 0.6) is 0 Å². The molecule has 0 spiro atoms. The van der Waals surface area contributed by atoms with Gasteiger partial charge in [-0.2, -0.15) is 0 Å². The Morgan fingerprint density at radius 3 is 2.54 bits per heavy atom. The Hall–Kier alpha value is -2.22. The van der Waals surface area contributed by atoms with Gasteiger partial charge in [0.05, 0.1) is 19.3 Å². The van der Waals surface area contributed by atoms with Crippen molar-refractivity contribution < 1.29 is 19.1 Å². The summed E-state index contributed by atoms with van der Waals surface area (Å²) in [7, 11) is 1.35. The van der Waals surface area contributed by atoms with Crippen molar-refractivity contribution in [1.29, 1.82) is 0 Å². The molecule has 1 aliphatic heterocycles. The van der Waals surface area contributed by atoms with Gasteiger partial charge in [-0.25, -0.2) is 4.79 Å². The van der Waals surface area contributed by atoms with E-state index in [0.717, 1.165) is 24.2 Å². The van der Waals surface area contributed by atoms with Crippen molar-refractivity contribution in [3.63, 3.8) is 0 Å². The smallest absolute Gasteiger partial charge is 0.341 e. The number of anilines is 1. The van der Waals surface area contributed by atoms with Crippen LogP contribution in [0.15, 0.2) is 35.7 Å². The highest BCUT2D eigenvalue weighted by Gasteiger charge is 2.24. The molecular formula is C21H26N2O4S. The summed E-state index contributed by atoms with van der Waals surface area (Å²) in [5.41, 5.74) is 2.08. The van der Waals surface area contributed by atoms with Crippen LogP contribution in [0.4, 0.5) is 5.00 Å². The molecular weight excluding hydrogens is 376 g/mol. The van der Waals surface area contributed by atoms with Gasteiger partial charge in [0.2, 0.25) is 5.91 Å². The average Bonchev–Trinajstić information content (AvgIpc) is 3.09. The molecule has 2 aromatic rings. The van der Waals surface area contributed by atoms with Crippen LogP contribution in [-0.2, 0) is 14.3 Å². The number of nitrogens with one attached hydrogen (secondary N) is 1.